The van der Waals surface area contributed by atoms with E-state index >= 15 is 0 Å². The number of aliphatic imine (C=N–C) groups is 1. The molecular weight excluding hydrogens is 332 g/mol. The fourth-order valence-corrected chi connectivity index (χ4v) is 2.48. The summed E-state index contributed by atoms with van der Waals surface area (Å²) in [5.41, 5.74) is 3.97. The topological polar surface area (TPSA) is 33.6 Å². The first-order valence-corrected chi connectivity index (χ1v) is 9.72. The molecule has 0 unspecified atom stereocenters. The fourth-order valence-electron chi connectivity index (χ4n) is 2.48. The Kier molecular flexibility index (Phi) is 9.95. The van der Waals surface area contributed by atoms with Crippen LogP contribution in [0.2, 0.25) is 0 Å². The molecular formula is C24H34N2O. The van der Waals surface area contributed by atoms with Gasteiger partial charge in [0.2, 0.25) is 0 Å². The predicted molar refractivity (Wildman–Crippen MR) is 120 cm³/mol. The highest BCUT2D eigenvalue weighted by Gasteiger charge is 2.10. The maximum Gasteiger partial charge on any atom is 0.150 e. The molecule has 0 saturated heterocycles. The molecule has 0 radical (unpaired) electrons. The summed E-state index contributed by atoms with van der Waals surface area (Å²) < 4.78 is 6.23. The Morgan fingerprint density at radius 3 is 2.59 bits per heavy atom. The molecule has 1 aromatic carbocycles. The van der Waals surface area contributed by atoms with Crippen LogP contribution in [-0.2, 0) is 0 Å². The maximum atomic E-state index is 6.23. The summed E-state index contributed by atoms with van der Waals surface area (Å²) in [5, 5.41) is 3.44. The molecule has 0 heterocycles. The number of ether oxygens (including phenoxy) is 1. The monoisotopic (exact) mass is 366 g/mol. The Bertz CT molecular complexity index is 752. The van der Waals surface area contributed by atoms with Gasteiger partial charge in [-0.1, -0.05) is 45.1 Å². The lowest BCUT2D eigenvalue weighted by Gasteiger charge is -2.17. The van der Waals surface area contributed by atoms with Gasteiger partial charge < -0.3 is 10.1 Å². The molecule has 0 aromatic heterocycles. The third-order valence-corrected chi connectivity index (χ3v) is 4.10. The standard InChI is InChI=1S/C24H34N2O/c1-8-12-14-21(10-3)27-23-17-18(5)15-16-22(23)26-24(25-11-4)20(7)19(6)13-9-2/h9,11,13-17,26H,6,8,10,12H2,1-5,7H3/b13-9-,21-14+,24-20+,25-11-. The zero-order chi connectivity index (χ0) is 20.2. The van der Waals surface area contributed by atoms with Crippen LogP contribution in [0.25, 0.3) is 0 Å². The largest absolute Gasteiger partial charge is 0.460 e. The minimum absolute atomic E-state index is 0.768. The molecule has 0 spiro atoms. The van der Waals surface area contributed by atoms with Crippen LogP contribution in [0.1, 0.15) is 59.4 Å². The maximum absolute atomic E-state index is 6.23. The van der Waals surface area contributed by atoms with Crippen LogP contribution >= 0.6 is 0 Å². The van der Waals surface area contributed by atoms with Crippen LogP contribution in [0, 0.1) is 6.92 Å². The van der Waals surface area contributed by atoms with Gasteiger partial charge in [0.25, 0.3) is 0 Å². The highest BCUT2D eigenvalue weighted by Crippen LogP contribution is 2.31. The van der Waals surface area contributed by atoms with Crippen molar-refractivity contribution in [3.63, 3.8) is 0 Å². The molecule has 0 aliphatic carbocycles. The highest BCUT2D eigenvalue weighted by atomic mass is 16.5. The number of hydrogen-bond donors (Lipinski definition) is 1. The number of hydrogen-bond acceptors (Lipinski definition) is 3. The van der Waals surface area contributed by atoms with Crippen LogP contribution in [-0.4, -0.2) is 6.21 Å². The van der Waals surface area contributed by atoms with Crippen LogP contribution in [0.5, 0.6) is 5.75 Å². The molecule has 3 nitrogen and oxygen atoms in total. The quantitative estimate of drug-likeness (QED) is 0.267. The molecule has 1 aromatic rings. The van der Waals surface area contributed by atoms with E-state index < -0.39 is 0 Å². The summed E-state index contributed by atoms with van der Waals surface area (Å²) in [5.74, 6) is 2.57. The number of anilines is 1. The fraction of sp³-hybridized carbons (Fsp3) is 0.375. The van der Waals surface area contributed by atoms with Crippen molar-refractivity contribution in [3.8, 4) is 5.75 Å². The first kappa shape index (κ1) is 22.5. The number of unbranched alkanes of at least 4 members (excludes halogenated alkanes) is 1. The number of rotatable bonds is 10. The zero-order valence-corrected chi connectivity index (χ0v) is 17.7. The molecule has 27 heavy (non-hydrogen) atoms. The van der Waals surface area contributed by atoms with E-state index in [1.807, 2.05) is 39.0 Å². The lowest BCUT2D eigenvalue weighted by Crippen LogP contribution is -2.05. The lowest BCUT2D eigenvalue weighted by molar-refractivity contribution is 0.408. The van der Waals surface area contributed by atoms with Crippen molar-refractivity contribution in [2.24, 2.45) is 4.99 Å². The normalized spacial score (nSPS) is 13.2. The number of benzene rings is 1. The van der Waals surface area contributed by atoms with Gasteiger partial charge in [-0.25, -0.2) is 4.99 Å². The van der Waals surface area contributed by atoms with Crippen LogP contribution in [0.4, 0.5) is 5.69 Å². The van der Waals surface area contributed by atoms with Crippen molar-refractivity contribution in [1.82, 2.24) is 0 Å². The van der Waals surface area contributed by atoms with Gasteiger partial charge in [0.1, 0.15) is 5.82 Å². The SMILES string of the molecule is C=C(/C=C\C)/C(C)=C(\N=C/C)Nc1ccc(C)cc1O/C(=C/CCC)CC. The number of allylic oxidation sites excluding steroid dienone is 6. The van der Waals surface area contributed by atoms with E-state index in [0.717, 1.165) is 59.0 Å². The highest BCUT2D eigenvalue weighted by molar-refractivity contribution is 5.65. The van der Waals surface area contributed by atoms with Crippen LogP contribution in [0.15, 0.2) is 70.7 Å². The van der Waals surface area contributed by atoms with E-state index in [-0.39, 0.29) is 0 Å². The molecule has 0 saturated carbocycles. The second-order valence-corrected chi connectivity index (χ2v) is 6.43. The average molecular weight is 367 g/mol. The van der Waals surface area contributed by atoms with Crippen molar-refractivity contribution < 1.29 is 4.74 Å². The molecule has 0 aliphatic heterocycles. The molecule has 1 N–H and O–H groups in total. The van der Waals surface area contributed by atoms with Crippen molar-refractivity contribution in [2.75, 3.05) is 5.32 Å². The smallest absolute Gasteiger partial charge is 0.150 e. The van der Waals surface area contributed by atoms with Crippen molar-refractivity contribution in [3.05, 3.63) is 71.3 Å². The average Bonchev–Trinajstić information content (AvgIpc) is 2.66. The van der Waals surface area contributed by atoms with Crippen molar-refractivity contribution in [2.45, 2.75) is 60.8 Å². The summed E-state index contributed by atoms with van der Waals surface area (Å²) in [4.78, 5) is 4.51. The molecule has 146 valence electrons. The van der Waals surface area contributed by atoms with Gasteiger partial charge in [-0.15, -0.1) is 0 Å². The van der Waals surface area contributed by atoms with E-state index in [0.29, 0.717) is 0 Å². The molecule has 0 fully saturated rings. The second-order valence-electron chi connectivity index (χ2n) is 6.43. The summed E-state index contributed by atoms with van der Waals surface area (Å²) in [6.45, 7) is 16.4. The minimum Gasteiger partial charge on any atom is -0.460 e. The van der Waals surface area contributed by atoms with E-state index in [4.69, 9.17) is 4.74 Å². The van der Waals surface area contributed by atoms with Gasteiger partial charge in [0, 0.05) is 12.6 Å². The van der Waals surface area contributed by atoms with Crippen molar-refractivity contribution >= 4 is 11.9 Å². The third-order valence-electron chi connectivity index (χ3n) is 4.10. The molecule has 0 atom stereocenters. The van der Waals surface area contributed by atoms with E-state index in [9.17, 15) is 0 Å². The van der Waals surface area contributed by atoms with Crippen LogP contribution < -0.4 is 10.1 Å². The van der Waals surface area contributed by atoms with Gasteiger partial charge in [-0.2, -0.15) is 0 Å². The Hall–Kier alpha value is -2.55. The van der Waals surface area contributed by atoms with Gasteiger partial charge in [-0.3, -0.25) is 0 Å². The minimum atomic E-state index is 0.768. The predicted octanol–water partition coefficient (Wildman–Crippen LogP) is 7.33. The Morgan fingerprint density at radius 2 is 2.00 bits per heavy atom. The van der Waals surface area contributed by atoms with Gasteiger partial charge >= 0.3 is 0 Å². The summed E-state index contributed by atoms with van der Waals surface area (Å²) in [6, 6.07) is 6.16. The van der Waals surface area contributed by atoms with E-state index in [1.54, 1.807) is 6.21 Å². The number of nitrogens with one attached hydrogen (secondary N) is 1. The summed E-state index contributed by atoms with van der Waals surface area (Å²) >= 11 is 0. The van der Waals surface area contributed by atoms with Gasteiger partial charge in [-0.05, 0) is 69.0 Å². The van der Waals surface area contributed by atoms with Gasteiger partial charge in [0.05, 0.1) is 11.4 Å². The number of nitrogens with zero attached hydrogens (tertiary/aromatic N) is 1. The molecule has 0 bridgehead atoms. The molecule has 3 heteroatoms. The molecule has 0 amide bonds. The number of aryl methyl sites for hydroxylation is 1. The third kappa shape index (κ3) is 7.30. The summed E-state index contributed by atoms with van der Waals surface area (Å²) in [6.07, 6.45) is 10.9. The first-order chi connectivity index (χ1) is 13.0. The first-order valence-electron chi connectivity index (χ1n) is 9.72. The molecule has 0 aliphatic rings. The Labute approximate surface area is 165 Å². The molecule has 1 rings (SSSR count). The second kappa shape index (κ2) is 11.9. The van der Waals surface area contributed by atoms with Crippen molar-refractivity contribution in [1.29, 1.82) is 0 Å². The lowest BCUT2D eigenvalue weighted by atomic mass is 10.1. The van der Waals surface area contributed by atoms with E-state index in [2.05, 4.69) is 55.9 Å². The van der Waals surface area contributed by atoms with Crippen LogP contribution in [0.3, 0.4) is 0 Å². The van der Waals surface area contributed by atoms with E-state index in [1.165, 1.54) is 0 Å². The Balaban J connectivity index is 3.28. The summed E-state index contributed by atoms with van der Waals surface area (Å²) in [7, 11) is 0. The Morgan fingerprint density at radius 1 is 1.26 bits per heavy atom. The zero-order valence-electron chi connectivity index (χ0n) is 17.7. The van der Waals surface area contributed by atoms with Gasteiger partial charge in [0.15, 0.2) is 5.75 Å².